The predicted octanol–water partition coefficient (Wildman–Crippen LogP) is -0.0713. The quantitative estimate of drug-likeness (QED) is 0.754. The molecule has 1 N–H and O–H groups in total. The summed E-state index contributed by atoms with van der Waals surface area (Å²) in [5.74, 6) is -0.350. The molecule has 0 saturated heterocycles. The zero-order valence-electron chi connectivity index (χ0n) is 8.03. The van der Waals surface area contributed by atoms with E-state index < -0.39 is 0 Å². The molecule has 78 valence electrons. The first-order chi connectivity index (χ1) is 7.79. The molecule has 0 atom stereocenters. The molecule has 16 heavy (non-hydrogen) atoms. The van der Waals surface area contributed by atoms with E-state index in [0.717, 1.165) is 0 Å². The molecule has 2 aromatic rings. The van der Waals surface area contributed by atoms with Crippen molar-refractivity contribution < 1.29 is 4.79 Å². The summed E-state index contributed by atoms with van der Waals surface area (Å²) in [6.45, 7) is 0. The molecule has 1 amide bonds. The van der Waals surface area contributed by atoms with Gasteiger partial charge in [0.15, 0.2) is 0 Å². The lowest BCUT2D eigenvalue weighted by atomic mass is 10.2. The van der Waals surface area contributed by atoms with Crippen LogP contribution in [0.2, 0.25) is 0 Å². The third kappa shape index (κ3) is 2.01. The minimum Gasteiger partial charge on any atom is -0.267 e. The van der Waals surface area contributed by atoms with Gasteiger partial charge in [0.2, 0.25) is 0 Å². The Kier molecular flexibility index (Phi) is 2.56. The molecule has 2 heterocycles. The zero-order chi connectivity index (χ0) is 11.4. The SMILES string of the molecule is N#Cc1ccc(C(=O)Nn2cnnc2)cn1. The summed E-state index contributed by atoms with van der Waals surface area (Å²) in [7, 11) is 0. The second-order valence-electron chi connectivity index (χ2n) is 2.85. The van der Waals surface area contributed by atoms with Crippen LogP contribution in [-0.2, 0) is 0 Å². The molecule has 0 aliphatic rings. The van der Waals surface area contributed by atoms with E-state index in [-0.39, 0.29) is 11.6 Å². The number of carbonyl (C=O) groups excluding carboxylic acids is 1. The number of rotatable bonds is 2. The first kappa shape index (κ1) is 9.79. The van der Waals surface area contributed by atoms with Crippen LogP contribution in [0.25, 0.3) is 0 Å². The Morgan fingerprint density at radius 1 is 1.38 bits per heavy atom. The van der Waals surface area contributed by atoms with E-state index in [2.05, 4.69) is 20.6 Å². The molecule has 0 aliphatic heterocycles. The molecule has 2 aromatic heterocycles. The van der Waals surface area contributed by atoms with Crippen molar-refractivity contribution >= 4 is 5.91 Å². The van der Waals surface area contributed by atoms with Gasteiger partial charge in [0, 0.05) is 6.20 Å². The Labute approximate surface area is 90.3 Å². The fraction of sp³-hybridized carbons (Fsp3) is 0. The van der Waals surface area contributed by atoms with E-state index in [1.807, 2.05) is 6.07 Å². The normalized spacial score (nSPS) is 9.44. The predicted molar refractivity (Wildman–Crippen MR) is 52.7 cm³/mol. The third-order valence-electron chi connectivity index (χ3n) is 1.79. The van der Waals surface area contributed by atoms with Gasteiger partial charge in [-0.25, -0.2) is 9.66 Å². The minimum absolute atomic E-state index is 0.265. The molecule has 0 fully saturated rings. The van der Waals surface area contributed by atoms with Gasteiger partial charge in [-0.3, -0.25) is 10.2 Å². The lowest BCUT2D eigenvalue weighted by Gasteiger charge is -2.03. The number of hydrogen-bond donors (Lipinski definition) is 1. The van der Waals surface area contributed by atoms with Crippen LogP contribution in [0.15, 0.2) is 31.0 Å². The Morgan fingerprint density at radius 3 is 2.69 bits per heavy atom. The molecule has 7 heteroatoms. The van der Waals surface area contributed by atoms with E-state index in [1.165, 1.54) is 35.7 Å². The summed E-state index contributed by atoms with van der Waals surface area (Å²) in [4.78, 5) is 15.4. The van der Waals surface area contributed by atoms with Crippen LogP contribution >= 0.6 is 0 Å². The van der Waals surface area contributed by atoms with Crippen molar-refractivity contribution in [3.05, 3.63) is 42.2 Å². The number of amides is 1. The second-order valence-corrected chi connectivity index (χ2v) is 2.85. The van der Waals surface area contributed by atoms with Crippen LogP contribution in [0.5, 0.6) is 0 Å². The smallest absolute Gasteiger partial charge is 0.267 e. The number of nitriles is 1. The Bertz CT molecular complexity index is 524. The van der Waals surface area contributed by atoms with Crippen LogP contribution in [0.1, 0.15) is 16.1 Å². The van der Waals surface area contributed by atoms with Crippen LogP contribution in [0, 0.1) is 11.3 Å². The number of carbonyl (C=O) groups is 1. The second kappa shape index (κ2) is 4.18. The fourth-order valence-corrected chi connectivity index (χ4v) is 1.03. The molecule has 7 nitrogen and oxygen atoms in total. The maximum absolute atomic E-state index is 11.6. The Hall–Kier alpha value is -2.75. The highest BCUT2D eigenvalue weighted by Gasteiger charge is 2.06. The summed E-state index contributed by atoms with van der Waals surface area (Å²) in [5.41, 5.74) is 3.12. The summed E-state index contributed by atoms with van der Waals surface area (Å²) >= 11 is 0. The highest BCUT2D eigenvalue weighted by atomic mass is 16.2. The number of nitrogens with one attached hydrogen (secondary N) is 1. The largest absolute Gasteiger partial charge is 0.271 e. The summed E-state index contributed by atoms with van der Waals surface area (Å²) in [5, 5.41) is 15.6. The van der Waals surface area contributed by atoms with E-state index in [1.54, 1.807) is 0 Å². The van der Waals surface area contributed by atoms with Gasteiger partial charge in [-0.2, -0.15) is 5.26 Å². The van der Waals surface area contributed by atoms with Crippen molar-refractivity contribution in [2.24, 2.45) is 0 Å². The Balaban J connectivity index is 2.12. The average molecular weight is 214 g/mol. The standard InChI is InChI=1S/C9H6N6O/c10-3-8-2-1-7(4-11-8)9(16)14-15-5-12-13-6-15/h1-2,4-6H,(H,14,16). The van der Waals surface area contributed by atoms with Gasteiger partial charge < -0.3 is 0 Å². The summed E-state index contributed by atoms with van der Waals surface area (Å²) in [6, 6.07) is 4.86. The van der Waals surface area contributed by atoms with Gasteiger partial charge in [0.05, 0.1) is 5.56 Å². The number of pyridine rings is 1. The van der Waals surface area contributed by atoms with Gasteiger partial charge in [-0.1, -0.05) is 0 Å². The first-order valence-electron chi connectivity index (χ1n) is 4.32. The van der Waals surface area contributed by atoms with E-state index in [9.17, 15) is 4.79 Å². The molecule has 0 unspecified atom stereocenters. The third-order valence-corrected chi connectivity index (χ3v) is 1.79. The van der Waals surface area contributed by atoms with Gasteiger partial charge in [0.25, 0.3) is 5.91 Å². The van der Waals surface area contributed by atoms with Crippen molar-refractivity contribution in [3.8, 4) is 6.07 Å². The number of aromatic nitrogens is 4. The molecule has 2 rings (SSSR count). The molecular formula is C9H6N6O. The lowest BCUT2D eigenvalue weighted by Crippen LogP contribution is -2.21. The number of nitrogens with zero attached hydrogens (tertiary/aromatic N) is 5. The maximum atomic E-state index is 11.6. The van der Waals surface area contributed by atoms with Crippen LogP contribution in [0.4, 0.5) is 0 Å². The maximum Gasteiger partial charge on any atom is 0.271 e. The molecular weight excluding hydrogens is 208 g/mol. The van der Waals surface area contributed by atoms with Crippen LogP contribution < -0.4 is 5.43 Å². The van der Waals surface area contributed by atoms with Crippen LogP contribution in [0.3, 0.4) is 0 Å². The van der Waals surface area contributed by atoms with E-state index in [4.69, 9.17) is 5.26 Å². The average Bonchev–Trinajstić information content (AvgIpc) is 2.82. The highest BCUT2D eigenvalue weighted by Crippen LogP contribution is 1.99. The highest BCUT2D eigenvalue weighted by molar-refractivity contribution is 5.99. The van der Waals surface area contributed by atoms with E-state index >= 15 is 0 Å². The lowest BCUT2D eigenvalue weighted by molar-refractivity contribution is 0.101. The van der Waals surface area contributed by atoms with Crippen LogP contribution in [-0.4, -0.2) is 25.8 Å². The van der Waals surface area contributed by atoms with Crippen molar-refractivity contribution in [1.82, 2.24) is 19.9 Å². The van der Waals surface area contributed by atoms with Crippen molar-refractivity contribution in [2.75, 3.05) is 5.43 Å². The van der Waals surface area contributed by atoms with Gasteiger partial charge in [-0.05, 0) is 12.1 Å². The number of hydrogen-bond acceptors (Lipinski definition) is 5. The molecule has 0 spiro atoms. The van der Waals surface area contributed by atoms with Gasteiger partial charge in [0.1, 0.15) is 24.4 Å². The fourth-order valence-electron chi connectivity index (χ4n) is 1.03. The Morgan fingerprint density at radius 2 is 2.12 bits per heavy atom. The summed E-state index contributed by atoms with van der Waals surface area (Å²) < 4.78 is 1.32. The van der Waals surface area contributed by atoms with Crippen molar-refractivity contribution in [2.45, 2.75) is 0 Å². The minimum atomic E-state index is -0.350. The molecule has 0 bridgehead atoms. The molecule has 0 aromatic carbocycles. The van der Waals surface area contributed by atoms with Crippen molar-refractivity contribution in [3.63, 3.8) is 0 Å². The van der Waals surface area contributed by atoms with E-state index in [0.29, 0.717) is 5.56 Å². The van der Waals surface area contributed by atoms with Crippen molar-refractivity contribution in [1.29, 1.82) is 5.26 Å². The molecule has 0 saturated carbocycles. The molecule has 0 radical (unpaired) electrons. The van der Waals surface area contributed by atoms with Gasteiger partial charge >= 0.3 is 0 Å². The van der Waals surface area contributed by atoms with Gasteiger partial charge in [-0.15, -0.1) is 10.2 Å². The summed E-state index contributed by atoms with van der Waals surface area (Å²) in [6.07, 6.45) is 4.04. The zero-order valence-corrected chi connectivity index (χ0v) is 8.03. The monoisotopic (exact) mass is 214 g/mol. The molecule has 0 aliphatic carbocycles. The first-order valence-corrected chi connectivity index (χ1v) is 4.32. The topological polar surface area (TPSA) is 96.5 Å².